The molecule has 2 unspecified atom stereocenters. The minimum Gasteiger partial charge on any atom is -0.393 e. The van der Waals surface area contributed by atoms with Gasteiger partial charge in [0.2, 0.25) is 0 Å². The van der Waals surface area contributed by atoms with Crippen LogP contribution in [0.25, 0.3) is 0 Å². The summed E-state index contributed by atoms with van der Waals surface area (Å²) in [5, 5.41) is 11.6. The molecular formula is C12H15ClFNO2. The molecule has 17 heavy (non-hydrogen) atoms. The third kappa shape index (κ3) is 3.98. The summed E-state index contributed by atoms with van der Waals surface area (Å²) in [5.74, 6) is -1.06. The summed E-state index contributed by atoms with van der Waals surface area (Å²) in [7, 11) is 0. The van der Waals surface area contributed by atoms with Crippen LogP contribution < -0.4 is 5.32 Å². The van der Waals surface area contributed by atoms with Gasteiger partial charge in [-0.05, 0) is 32.4 Å². The molecule has 0 bridgehead atoms. The van der Waals surface area contributed by atoms with Crippen LogP contribution in [0, 0.1) is 5.82 Å². The molecule has 0 aliphatic carbocycles. The maximum absolute atomic E-state index is 13.1. The van der Waals surface area contributed by atoms with E-state index >= 15 is 0 Å². The smallest absolute Gasteiger partial charge is 0.253 e. The molecule has 0 saturated heterocycles. The average Bonchev–Trinajstić information content (AvgIpc) is 2.20. The first-order valence-corrected chi connectivity index (χ1v) is 5.72. The van der Waals surface area contributed by atoms with E-state index in [0.717, 1.165) is 0 Å². The second kappa shape index (κ2) is 5.98. The van der Waals surface area contributed by atoms with Gasteiger partial charge in [-0.2, -0.15) is 0 Å². The van der Waals surface area contributed by atoms with Crippen molar-refractivity contribution in [1.29, 1.82) is 0 Å². The molecule has 1 aromatic rings. The lowest BCUT2D eigenvalue weighted by Gasteiger charge is -2.15. The standard InChI is InChI=1S/C12H15ClFNO2/c1-7(6-8(2)16)15-12(17)9-4-3-5-10(14)11(9)13/h3-5,7-8,16H,6H2,1-2H3,(H,15,17). The van der Waals surface area contributed by atoms with Gasteiger partial charge in [0.15, 0.2) is 0 Å². The minimum atomic E-state index is -0.623. The van der Waals surface area contributed by atoms with Crippen LogP contribution in [0.3, 0.4) is 0 Å². The molecule has 5 heteroatoms. The molecule has 3 nitrogen and oxygen atoms in total. The zero-order valence-corrected chi connectivity index (χ0v) is 10.5. The van der Waals surface area contributed by atoms with Crippen LogP contribution >= 0.6 is 11.6 Å². The van der Waals surface area contributed by atoms with E-state index in [1.807, 2.05) is 0 Å². The molecular weight excluding hydrogens is 245 g/mol. The largest absolute Gasteiger partial charge is 0.393 e. The zero-order chi connectivity index (χ0) is 13.0. The summed E-state index contributed by atoms with van der Waals surface area (Å²) >= 11 is 5.69. The van der Waals surface area contributed by atoms with Gasteiger partial charge in [-0.25, -0.2) is 4.39 Å². The molecule has 0 radical (unpaired) electrons. The highest BCUT2D eigenvalue weighted by atomic mass is 35.5. The number of carbonyl (C=O) groups excluding carboxylic acids is 1. The van der Waals surface area contributed by atoms with Crippen molar-refractivity contribution in [2.45, 2.75) is 32.4 Å². The Hall–Kier alpha value is -1.13. The second-order valence-corrected chi connectivity index (χ2v) is 4.44. The van der Waals surface area contributed by atoms with Gasteiger partial charge in [0.05, 0.1) is 16.7 Å². The number of benzene rings is 1. The zero-order valence-electron chi connectivity index (χ0n) is 9.71. The lowest BCUT2D eigenvalue weighted by Crippen LogP contribution is -2.34. The Morgan fingerprint density at radius 3 is 2.76 bits per heavy atom. The summed E-state index contributed by atoms with van der Waals surface area (Å²) in [6, 6.07) is 3.87. The van der Waals surface area contributed by atoms with E-state index in [4.69, 9.17) is 16.7 Å². The topological polar surface area (TPSA) is 49.3 Å². The Morgan fingerprint density at radius 1 is 1.53 bits per heavy atom. The molecule has 94 valence electrons. The van der Waals surface area contributed by atoms with Gasteiger partial charge < -0.3 is 10.4 Å². The fraction of sp³-hybridized carbons (Fsp3) is 0.417. The Morgan fingerprint density at radius 2 is 2.18 bits per heavy atom. The lowest BCUT2D eigenvalue weighted by atomic mass is 10.1. The second-order valence-electron chi connectivity index (χ2n) is 4.06. The summed E-state index contributed by atoms with van der Waals surface area (Å²) in [6.45, 7) is 3.40. The maximum atomic E-state index is 13.1. The molecule has 0 heterocycles. The fourth-order valence-corrected chi connectivity index (χ4v) is 1.76. The molecule has 0 spiro atoms. The van der Waals surface area contributed by atoms with Crippen molar-refractivity contribution in [3.8, 4) is 0 Å². The van der Waals surface area contributed by atoms with Crippen molar-refractivity contribution in [3.63, 3.8) is 0 Å². The highest BCUT2D eigenvalue weighted by Gasteiger charge is 2.16. The number of halogens is 2. The Kier molecular flexibility index (Phi) is 4.90. The first-order chi connectivity index (χ1) is 7.91. The fourth-order valence-electron chi connectivity index (χ4n) is 1.55. The number of aliphatic hydroxyl groups is 1. The SMILES string of the molecule is CC(O)CC(C)NC(=O)c1cccc(F)c1Cl. The van der Waals surface area contributed by atoms with E-state index in [0.29, 0.717) is 6.42 Å². The predicted molar refractivity (Wildman–Crippen MR) is 64.6 cm³/mol. The van der Waals surface area contributed by atoms with Gasteiger partial charge in [-0.1, -0.05) is 17.7 Å². The highest BCUT2D eigenvalue weighted by molar-refractivity contribution is 6.34. The van der Waals surface area contributed by atoms with Crippen LogP contribution in [0.2, 0.25) is 5.02 Å². The van der Waals surface area contributed by atoms with Crippen LogP contribution in [-0.2, 0) is 0 Å². The number of carbonyl (C=O) groups is 1. The van der Waals surface area contributed by atoms with Crippen LogP contribution in [0.15, 0.2) is 18.2 Å². The molecule has 2 N–H and O–H groups in total. The minimum absolute atomic E-state index is 0.101. The third-order valence-corrected chi connectivity index (χ3v) is 2.65. The van der Waals surface area contributed by atoms with Crippen LogP contribution in [-0.4, -0.2) is 23.2 Å². The van der Waals surface area contributed by atoms with E-state index in [2.05, 4.69) is 5.32 Å². The van der Waals surface area contributed by atoms with Gasteiger partial charge >= 0.3 is 0 Å². The highest BCUT2D eigenvalue weighted by Crippen LogP contribution is 2.19. The molecule has 1 amide bonds. The van der Waals surface area contributed by atoms with Gasteiger partial charge in [0, 0.05) is 6.04 Å². The Bertz CT molecular complexity index is 409. The molecule has 0 aliphatic heterocycles. The Labute approximate surface area is 105 Å². The number of hydrogen-bond acceptors (Lipinski definition) is 2. The van der Waals surface area contributed by atoms with E-state index in [1.165, 1.54) is 18.2 Å². The molecule has 1 rings (SSSR count). The van der Waals surface area contributed by atoms with Crippen LogP contribution in [0.1, 0.15) is 30.6 Å². The van der Waals surface area contributed by atoms with Crippen molar-refractivity contribution >= 4 is 17.5 Å². The summed E-state index contributed by atoms with van der Waals surface area (Å²) in [6.07, 6.45) is -0.0770. The number of aliphatic hydroxyl groups excluding tert-OH is 1. The summed E-state index contributed by atoms with van der Waals surface area (Å²) < 4.78 is 13.1. The quantitative estimate of drug-likeness (QED) is 0.872. The monoisotopic (exact) mass is 259 g/mol. The van der Waals surface area contributed by atoms with Crippen molar-refractivity contribution in [3.05, 3.63) is 34.6 Å². The normalized spacial score (nSPS) is 14.2. The number of hydrogen-bond donors (Lipinski definition) is 2. The van der Waals surface area contributed by atoms with E-state index in [9.17, 15) is 9.18 Å². The number of rotatable bonds is 4. The number of amides is 1. The molecule has 0 aliphatic rings. The van der Waals surface area contributed by atoms with Crippen molar-refractivity contribution < 1.29 is 14.3 Å². The summed E-state index contributed by atoms with van der Waals surface area (Å²) in [5.41, 5.74) is 0.101. The molecule has 2 atom stereocenters. The summed E-state index contributed by atoms with van der Waals surface area (Å²) in [4.78, 5) is 11.8. The average molecular weight is 260 g/mol. The maximum Gasteiger partial charge on any atom is 0.253 e. The van der Waals surface area contributed by atoms with Crippen molar-refractivity contribution in [1.82, 2.24) is 5.32 Å². The van der Waals surface area contributed by atoms with Crippen LogP contribution in [0.5, 0.6) is 0 Å². The number of nitrogens with one attached hydrogen (secondary N) is 1. The lowest BCUT2D eigenvalue weighted by molar-refractivity contribution is 0.0922. The van der Waals surface area contributed by atoms with Gasteiger partial charge in [0.1, 0.15) is 5.82 Å². The van der Waals surface area contributed by atoms with Gasteiger partial charge in [-0.3, -0.25) is 4.79 Å². The van der Waals surface area contributed by atoms with Crippen molar-refractivity contribution in [2.75, 3.05) is 0 Å². The molecule has 1 aromatic carbocycles. The first-order valence-electron chi connectivity index (χ1n) is 5.34. The van der Waals surface area contributed by atoms with Crippen molar-refractivity contribution in [2.24, 2.45) is 0 Å². The first kappa shape index (κ1) is 13.9. The molecule has 0 aromatic heterocycles. The van der Waals surface area contributed by atoms with Gasteiger partial charge in [0.25, 0.3) is 5.91 Å². The predicted octanol–water partition coefficient (Wildman–Crippen LogP) is 2.37. The Balaban J connectivity index is 2.73. The van der Waals surface area contributed by atoms with Crippen LogP contribution in [0.4, 0.5) is 4.39 Å². The molecule has 0 saturated carbocycles. The van der Waals surface area contributed by atoms with E-state index < -0.39 is 17.8 Å². The van der Waals surface area contributed by atoms with E-state index in [1.54, 1.807) is 13.8 Å². The van der Waals surface area contributed by atoms with Gasteiger partial charge in [-0.15, -0.1) is 0 Å². The van der Waals surface area contributed by atoms with E-state index in [-0.39, 0.29) is 16.6 Å². The molecule has 0 fully saturated rings. The third-order valence-electron chi connectivity index (χ3n) is 2.27.